The minimum absolute atomic E-state index is 0.709. The van der Waals surface area contributed by atoms with Crippen LogP contribution in [0.5, 0.6) is 5.75 Å². The molecule has 0 atom stereocenters. The van der Waals surface area contributed by atoms with Gasteiger partial charge < -0.3 is 15.2 Å². The Bertz CT molecular complexity index is 285. The van der Waals surface area contributed by atoms with E-state index in [4.69, 9.17) is 9.84 Å². The number of ether oxygens (including phenoxy) is 1. The van der Waals surface area contributed by atoms with Crippen molar-refractivity contribution in [3.05, 3.63) is 29.8 Å². The largest absolute Gasteiger partial charge is 0.493 e. The molecule has 3 nitrogen and oxygen atoms in total. The zero-order valence-corrected chi connectivity index (χ0v) is 9.36. The number of aryl methyl sites for hydroxylation is 1. The minimum Gasteiger partial charge on any atom is -0.493 e. The molecule has 1 aliphatic rings. The lowest BCUT2D eigenvalue weighted by Gasteiger charge is -2.26. The molecular formula is C12H19NO2. The first-order chi connectivity index (χ1) is 7.34. The van der Waals surface area contributed by atoms with Crippen LogP contribution in [0.1, 0.15) is 5.56 Å². The molecule has 1 fully saturated rings. The summed E-state index contributed by atoms with van der Waals surface area (Å²) < 4.78 is 5.65. The molecule has 84 valence electrons. The van der Waals surface area contributed by atoms with Crippen LogP contribution in [0.2, 0.25) is 0 Å². The van der Waals surface area contributed by atoms with Crippen LogP contribution in [0, 0.1) is 12.8 Å². The van der Waals surface area contributed by atoms with E-state index < -0.39 is 0 Å². The Morgan fingerprint density at radius 2 is 2.13 bits per heavy atom. The first kappa shape index (κ1) is 12.0. The highest BCUT2D eigenvalue weighted by molar-refractivity contribution is 5.27. The maximum atomic E-state index is 7.00. The lowest BCUT2D eigenvalue weighted by Crippen LogP contribution is -2.45. The third-order valence-electron chi connectivity index (χ3n) is 2.34. The Kier molecular flexibility index (Phi) is 5.15. The summed E-state index contributed by atoms with van der Waals surface area (Å²) in [5.41, 5.74) is 1.25. The topological polar surface area (TPSA) is 41.5 Å². The van der Waals surface area contributed by atoms with Crippen LogP contribution < -0.4 is 10.1 Å². The van der Waals surface area contributed by atoms with Crippen molar-refractivity contribution < 1.29 is 9.84 Å². The monoisotopic (exact) mass is 209 g/mol. The molecule has 0 bridgehead atoms. The smallest absolute Gasteiger partial charge is 0.119 e. The number of nitrogens with one attached hydrogen (secondary N) is 1. The summed E-state index contributed by atoms with van der Waals surface area (Å²) in [4.78, 5) is 0. The first-order valence-electron chi connectivity index (χ1n) is 5.19. The van der Waals surface area contributed by atoms with Gasteiger partial charge in [-0.2, -0.15) is 0 Å². The summed E-state index contributed by atoms with van der Waals surface area (Å²) in [7, 11) is 1.00. The Hall–Kier alpha value is -1.06. The Morgan fingerprint density at radius 3 is 2.67 bits per heavy atom. The Balaban J connectivity index is 0.000000531. The highest BCUT2D eigenvalue weighted by atomic mass is 16.5. The van der Waals surface area contributed by atoms with Gasteiger partial charge in [0.05, 0.1) is 6.61 Å². The lowest BCUT2D eigenvalue weighted by molar-refractivity contribution is 0.199. The molecule has 0 unspecified atom stereocenters. The second kappa shape index (κ2) is 6.43. The van der Waals surface area contributed by atoms with E-state index in [0.29, 0.717) is 5.92 Å². The third-order valence-corrected chi connectivity index (χ3v) is 2.34. The summed E-state index contributed by atoms with van der Waals surface area (Å²) in [6.07, 6.45) is 0. The fraction of sp³-hybridized carbons (Fsp3) is 0.500. The van der Waals surface area contributed by atoms with Crippen LogP contribution in [-0.2, 0) is 0 Å². The van der Waals surface area contributed by atoms with E-state index in [-0.39, 0.29) is 0 Å². The van der Waals surface area contributed by atoms with Crippen molar-refractivity contribution in [2.24, 2.45) is 5.92 Å². The summed E-state index contributed by atoms with van der Waals surface area (Å²) >= 11 is 0. The molecule has 1 aromatic rings. The van der Waals surface area contributed by atoms with E-state index in [0.717, 1.165) is 32.6 Å². The van der Waals surface area contributed by atoms with Crippen LogP contribution in [0.25, 0.3) is 0 Å². The number of hydrogen-bond acceptors (Lipinski definition) is 3. The van der Waals surface area contributed by atoms with Gasteiger partial charge >= 0.3 is 0 Å². The fourth-order valence-corrected chi connectivity index (χ4v) is 1.39. The second-order valence-electron chi connectivity index (χ2n) is 3.65. The van der Waals surface area contributed by atoms with Crippen LogP contribution >= 0.6 is 0 Å². The van der Waals surface area contributed by atoms with Crippen molar-refractivity contribution in [3.8, 4) is 5.75 Å². The summed E-state index contributed by atoms with van der Waals surface area (Å²) in [5.74, 6) is 1.70. The van der Waals surface area contributed by atoms with Gasteiger partial charge in [-0.05, 0) is 24.6 Å². The van der Waals surface area contributed by atoms with E-state index in [9.17, 15) is 0 Å². The van der Waals surface area contributed by atoms with Crippen LogP contribution in [0.15, 0.2) is 24.3 Å². The predicted octanol–water partition coefficient (Wildman–Crippen LogP) is 1.20. The van der Waals surface area contributed by atoms with Gasteiger partial charge in [0, 0.05) is 26.1 Å². The average Bonchev–Trinajstić information content (AvgIpc) is 2.19. The molecule has 0 radical (unpaired) electrons. The van der Waals surface area contributed by atoms with Crippen LogP contribution in [-0.4, -0.2) is 31.9 Å². The van der Waals surface area contributed by atoms with Crippen molar-refractivity contribution in [2.45, 2.75) is 6.92 Å². The van der Waals surface area contributed by atoms with Gasteiger partial charge in [0.1, 0.15) is 5.75 Å². The van der Waals surface area contributed by atoms with Gasteiger partial charge in [-0.15, -0.1) is 0 Å². The molecule has 15 heavy (non-hydrogen) atoms. The maximum absolute atomic E-state index is 7.00. The molecule has 3 heteroatoms. The molecule has 1 aliphatic heterocycles. The van der Waals surface area contributed by atoms with Gasteiger partial charge in [0.25, 0.3) is 0 Å². The van der Waals surface area contributed by atoms with E-state index in [1.165, 1.54) is 5.56 Å². The molecular weight excluding hydrogens is 190 g/mol. The molecule has 1 saturated heterocycles. The van der Waals surface area contributed by atoms with Gasteiger partial charge in [0.15, 0.2) is 0 Å². The van der Waals surface area contributed by atoms with Gasteiger partial charge in [0.2, 0.25) is 0 Å². The molecule has 2 rings (SSSR count). The van der Waals surface area contributed by atoms with E-state index in [1.807, 2.05) is 12.1 Å². The van der Waals surface area contributed by atoms with E-state index in [1.54, 1.807) is 0 Å². The molecule has 0 aliphatic carbocycles. The van der Waals surface area contributed by atoms with Crippen molar-refractivity contribution in [2.75, 3.05) is 26.8 Å². The first-order valence-corrected chi connectivity index (χ1v) is 5.19. The number of aliphatic hydroxyl groups excluding tert-OH is 1. The van der Waals surface area contributed by atoms with Gasteiger partial charge in [-0.3, -0.25) is 0 Å². The fourth-order valence-electron chi connectivity index (χ4n) is 1.39. The van der Waals surface area contributed by atoms with Crippen LogP contribution in [0.3, 0.4) is 0 Å². The lowest BCUT2D eigenvalue weighted by atomic mass is 10.1. The van der Waals surface area contributed by atoms with Crippen molar-refractivity contribution >= 4 is 0 Å². The molecule has 2 N–H and O–H groups in total. The van der Waals surface area contributed by atoms with Crippen LogP contribution in [0.4, 0.5) is 0 Å². The van der Waals surface area contributed by atoms with Crippen molar-refractivity contribution in [1.29, 1.82) is 0 Å². The number of hydrogen-bond donors (Lipinski definition) is 2. The number of benzene rings is 1. The quantitative estimate of drug-likeness (QED) is 0.786. The molecule has 0 aromatic heterocycles. The maximum Gasteiger partial charge on any atom is 0.119 e. The molecule has 1 aromatic carbocycles. The Morgan fingerprint density at radius 1 is 1.40 bits per heavy atom. The minimum atomic E-state index is 0.709. The normalized spacial score (nSPS) is 14.9. The van der Waals surface area contributed by atoms with Gasteiger partial charge in [-0.1, -0.05) is 12.1 Å². The SMILES string of the molecule is CO.Cc1cccc(OCC2CNC2)c1. The molecule has 0 amide bonds. The zero-order valence-electron chi connectivity index (χ0n) is 9.36. The van der Waals surface area contributed by atoms with E-state index in [2.05, 4.69) is 24.4 Å². The molecule has 1 heterocycles. The summed E-state index contributed by atoms with van der Waals surface area (Å²) in [5, 5.41) is 10.2. The second-order valence-corrected chi connectivity index (χ2v) is 3.65. The highest BCUT2D eigenvalue weighted by Gasteiger charge is 2.16. The molecule has 0 saturated carbocycles. The third kappa shape index (κ3) is 3.90. The predicted molar refractivity (Wildman–Crippen MR) is 61.2 cm³/mol. The Labute approximate surface area is 91.1 Å². The standard InChI is InChI=1S/C11H15NO.CH4O/c1-9-3-2-4-11(5-9)13-8-10-6-12-7-10;1-2/h2-5,10,12H,6-8H2,1H3;2H,1H3. The van der Waals surface area contributed by atoms with Crippen molar-refractivity contribution in [1.82, 2.24) is 5.32 Å². The zero-order chi connectivity index (χ0) is 11.1. The number of rotatable bonds is 3. The molecule has 0 spiro atoms. The summed E-state index contributed by atoms with van der Waals surface area (Å²) in [6.45, 7) is 5.13. The van der Waals surface area contributed by atoms with Crippen molar-refractivity contribution in [3.63, 3.8) is 0 Å². The average molecular weight is 209 g/mol. The number of aliphatic hydroxyl groups is 1. The highest BCUT2D eigenvalue weighted by Crippen LogP contribution is 2.14. The van der Waals surface area contributed by atoms with E-state index >= 15 is 0 Å². The summed E-state index contributed by atoms with van der Waals surface area (Å²) in [6, 6.07) is 8.20. The van der Waals surface area contributed by atoms with Gasteiger partial charge in [-0.25, -0.2) is 0 Å².